The molecule has 0 atom stereocenters. The third kappa shape index (κ3) is 1.74. The zero-order valence-corrected chi connectivity index (χ0v) is 8.82. The molecule has 1 fully saturated rings. The SMILES string of the molecule is Cc1c(N)ncnc1NC1(CO)CCC1. The lowest BCUT2D eigenvalue weighted by Crippen LogP contribution is -2.48. The van der Waals surface area contributed by atoms with E-state index < -0.39 is 0 Å². The normalized spacial score (nSPS) is 18.3. The average Bonchev–Trinajstić information content (AvgIpc) is 2.18. The maximum Gasteiger partial charge on any atom is 0.134 e. The molecule has 1 aromatic heterocycles. The Labute approximate surface area is 88.7 Å². The molecule has 4 N–H and O–H groups in total. The molecule has 0 radical (unpaired) electrons. The Morgan fingerprint density at radius 2 is 2.27 bits per heavy atom. The Hall–Kier alpha value is -1.36. The molecule has 0 bridgehead atoms. The highest BCUT2D eigenvalue weighted by Crippen LogP contribution is 2.35. The van der Waals surface area contributed by atoms with E-state index in [4.69, 9.17) is 5.73 Å². The van der Waals surface area contributed by atoms with Crippen LogP contribution in [0.3, 0.4) is 0 Å². The summed E-state index contributed by atoms with van der Waals surface area (Å²) in [5.74, 6) is 1.22. The lowest BCUT2D eigenvalue weighted by Gasteiger charge is -2.41. The lowest BCUT2D eigenvalue weighted by atomic mass is 9.77. The first-order valence-electron chi connectivity index (χ1n) is 5.13. The molecule has 1 heterocycles. The molecule has 1 saturated carbocycles. The number of nitrogens with one attached hydrogen (secondary N) is 1. The predicted molar refractivity (Wildman–Crippen MR) is 58.5 cm³/mol. The Morgan fingerprint density at radius 3 is 2.80 bits per heavy atom. The van der Waals surface area contributed by atoms with Gasteiger partial charge in [0.15, 0.2) is 0 Å². The van der Waals surface area contributed by atoms with E-state index in [1.54, 1.807) is 0 Å². The summed E-state index contributed by atoms with van der Waals surface area (Å²) in [7, 11) is 0. The van der Waals surface area contributed by atoms with Gasteiger partial charge in [0.2, 0.25) is 0 Å². The number of hydrogen-bond donors (Lipinski definition) is 3. The Balaban J connectivity index is 2.20. The maximum absolute atomic E-state index is 9.32. The first-order valence-corrected chi connectivity index (χ1v) is 5.13. The van der Waals surface area contributed by atoms with Gasteiger partial charge in [0.1, 0.15) is 18.0 Å². The highest BCUT2D eigenvalue weighted by atomic mass is 16.3. The summed E-state index contributed by atoms with van der Waals surface area (Å²) in [4.78, 5) is 8.04. The number of nitrogens with two attached hydrogens (primary N) is 1. The molecule has 2 rings (SSSR count). The van der Waals surface area contributed by atoms with Gasteiger partial charge in [-0.2, -0.15) is 0 Å². The maximum atomic E-state index is 9.32. The molecule has 0 unspecified atom stereocenters. The molecule has 1 aliphatic rings. The van der Waals surface area contributed by atoms with Gasteiger partial charge < -0.3 is 16.2 Å². The Morgan fingerprint density at radius 1 is 1.53 bits per heavy atom. The topological polar surface area (TPSA) is 84.1 Å². The van der Waals surface area contributed by atoms with Gasteiger partial charge in [-0.15, -0.1) is 0 Å². The number of rotatable bonds is 3. The molecule has 0 saturated heterocycles. The van der Waals surface area contributed by atoms with E-state index in [1.165, 1.54) is 6.33 Å². The standard InChI is InChI=1S/C10H16N4O/c1-7-8(11)12-6-13-9(7)14-10(5-15)3-2-4-10/h6,15H,2-5H2,1H3,(H3,11,12,13,14). The van der Waals surface area contributed by atoms with Crippen LogP contribution in [0.4, 0.5) is 11.6 Å². The van der Waals surface area contributed by atoms with Crippen LogP contribution in [-0.2, 0) is 0 Å². The summed E-state index contributed by atoms with van der Waals surface area (Å²) in [6.45, 7) is 2.01. The van der Waals surface area contributed by atoms with Gasteiger partial charge in [0, 0.05) is 5.56 Å². The van der Waals surface area contributed by atoms with E-state index in [1.807, 2.05) is 6.92 Å². The molecule has 0 aromatic carbocycles. The summed E-state index contributed by atoms with van der Waals surface area (Å²) >= 11 is 0. The predicted octanol–water partition coefficient (Wildman–Crippen LogP) is 0.694. The van der Waals surface area contributed by atoms with Crippen LogP contribution in [0.1, 0.15) is 24.8 Å². The summed E-state index contributed by atoms with van der Waals surface area (Å²) in [6, 6.07) is 0. The van der Waals surface area contributed by atoms with Crippen LogP contribution in [0.2, 0.25) is 0 Å². The second-order valence-corrected chi connectivity index (χ2v) is 4.15. The minimum absolute atomic E-state index is 0.135. The molecule has 1 aromatic rings. The fourth-order valence-corrected chi connectivity index (χ4v) is 1.77. The van der Waals surface area contributed by atoms with Crippen molar-refractivity contribution in [3.8, 4) is 0 Å². The van der Waals surface area contributed by atoms with Gasteiger partial charge in [0.25, 0.3) is 0 Å². The molecular formula is C10H16N4O. The van der Waals surface area contributed by atoms with Crippen molar-refractivity contribution in [1.82, 2.24) is 9.97 Å². The average molecular weight is 208 g/mol. The van der Waals surface area contributed by atoms with Gasteiger partial charge >= 0.3 is 0 Å². The minimum atomic E-state index is -0.189. The van der Waals surface area contributed by atoms with E-state index in [-0.39, 0.29) is 12.1 Å². The van der Waals surface area contributed by atoms with Gasteiger partial charge in [-0.1, -0.05) is 0 Å². The van der Waals surface area contributed by atoms with Crippen molar-refractivity contribution in [3.63, 3.8) is 0 Å². The van der Waals surface area contributed by atoms with Crippen LogP contribution < -0.4 is 11.1 Å². The molecule has 5 heteroatoms. The Kier molecular flexibility index (Phi) is 2.48. The molecule has 0 amide bonds. The van der Waals surface area contributed by atoms with E-state index in [0.29, 0.717) is 5.82 Å². The second kappa shape index (κ2) is 3.66. The number of aliphatic hydroxyl groups excluding tert-OH is 1. The number of aromatic nitrogens is 2. The molecule has 82 valence electrons. The van der Waals surface area contributed by atoms with Gasteiger partial charge in [-0.05, 0) is 26.2 Å². The number of anilines is 2. The van der Waals surface area contributed by atoms with E-state index >= 15 is 0 Å². The first kappa shape index (κ1) is 10.2. The van der Waals surface area contributed by atoms with Gasteiger partial charge in [-0.3, -0.25) is 0 Å². The van der Waals surface area contributed by atoms with Crippen LogP contribution in [0.5, 0.6) is 0 Å². The minimum Gasteiger partial charge on any atom is -0.394 e. The highest BCUT2D eigenvalue weighted by molar-refractivity contribution is 5.55. The lowest BCUT2D eigenvalue weighted by molar-refractivity contribution is 0.143. The molecule has 0 aliphatic heterocycles. The monoisotopic (exact) mass is 208 g/mol. The van der Waals surface area contributed by atoms with Crippen LogP contribution in [0.25, 0.3) is 0 Å². The molecule has 1 aliphatic carbocycles. The zero-order chi connectivity index (χ0) is 10.9. The largest absolute Gasteiger partial charge is 0.394 e. The molecule has 15 heavy (non-hydrogen) atoms. The molecule has 5 nitrogen and oxygen atoms in total. The van der Waals surface area contributed by atoms with Crippen molar-refractivity contribution in [1.29, 1.82) is 0 Å². The van der Waals surface area contributed by atoms with Crippen LogP contribution in [0, 0.1) is 6.92 Å². The number of hydrogen-bond acceptors (Lipinski definition) is 5. The third-order valence-corrected chi connectivity index (χ3v) is 3.12. The number of nitrogens with zero attached hydrogens (tertiary/aromatic N) is 2. The second-order valence-electron chi connectivity index (χ2n) is 4.15. The van der Waals surface area contributed by atoms with Crippen molar-refractivity contribution in [2.75, 3.05) is 17.7 Å². The van der Waals surface area contributed by atoms with Crippen molar-refractivity contribution in [2.24, 2.45) is 0 Å². The van der Waals surface area contributed by atoms with Gasteiger partial charge in [-0.25, -0.2) is 9.97 Å². The van der Waals surface area contributed by atoms with E-state index in [9.17, 15) is 5.11 Å². The van der Waals surface area contributed by atoms with Crippen LogP contribution in [0.15, 0.2) is 6.33 Å². The van der Waals surface area contributed by atoms with Crippen LogP contribution >= 0.6 is 0 Å². The molecule has 0 spiro atoms. The number of aliphatic hydroxyl groups is 1. The summed E-state index contributed by atoms with van der Waals surface area (Å²) in [6.07, 6.45) is 4.54. The summed E-state index contributed by atoms with van der Waals surface area (Å²) < 4.78 is 0. The van der Waals surface area contributed by atoms with Crippen molar-refractivity contribution >= 4 is 11.6 Å². The van der Waals surface area contributed by atoms with E-state index in [0.717, 1.165) is 30.6 Å². The van der Waals surface area contributed by atoms with Gasteiger partial charge in [0.05, 0.1) is 12.1 Å². The van der Waals surface area contributed by atoms with Crippen LogP contribution in [-0.4, -0.2) is 27.2 Å². The molecular weight excluding hydrogens is 192 g/mol. The van der Waals surface area contributed by atoms with Crippen molar-refractivity contribution in [2.45, 2.75) is 31.7 Å². The fourth-order valence-electron chi connectivity index (χ4n) is 1.77. The fraction of sp³-hybridized carbons (Fsp3) is 0.600. The third-order valence-electron chi connectivity index (χ3n) is 3.12. The van der Waals surface area contributed by atoms with Crippen molar-refractivity contribution in [3.05, 3.63) is 11.9 Å². The smallest absolute Gasteiger partial charge is 0.134 e. The highest BCUT2D eigenvalue weighted by Gasteiger charge is 2.36. The first-order chi connectivity index (χ1) is 7.17. The zero-order valence-electron chi connectivity index (χ0n) is 8.82. The quantitative estimate of drug-likeness (QED) is 0.680. The summed E-state index contributed by atoms with van der Waals surface area (Å²) in [5.41, 5.74) is 6.34. The van der Waals surface area contributed by atoms with E-state index in [2.05, 4.69) is 15.3 Å². The Bertz CT molecular complexity index is 357. The van der Waals surface area contributed by atoms with Crippen molar-refractivity contribution < 1.29 is 5.11 Å². The number of nitrogen functional groups attached to an aromatic ring is 1. The summed E-state index contributed by atoms with van der Waals surface area (Å²) in [5, 5.41) is 12.6.